The smallest absolute Gasteiger partial charge is 0.255 e. The molecule has 3 nitrogen and oxygen atoms in total. The number of nitrogens with zero attached hydrogens (tertiary/aromatic N) is 3. The Kier molecular flexibility index (Phi) is 12.7. The predicted octanol–water partition coefficient (Wildman–Crippen LogP) is 8.29. The van der Waals surface area contributed by atoms with Crippen molar-refractivity contribution in [2.75, 3.05) is 39.3 Å². The Hall–Kier alpha value is -0.400. The molecule has 0 bridgehead atoms. The molecule has 6 atom stereocenters. The van der Waals surface area contributed by atoms with Crippen LogP contribution in [-0.2, 0) is 0 Å². The maximum atomic E-state index is 13.8. The Bertz CT molecular complexity index is 702. The van der Waals surface area contributed by atoms with E-state index in [0.717, 1.165) is 0 Å². The molecule has 1 saturated carbocycles. The molecule has 1 aliphatic carbocycles. The molecule has 0 aromatic carbocycles. The van der Waals surface area contributed by atoms with E-state index in [2.05, 4.69) is 49.3 Å². The van der Waals surface area contributed by atoms with Crippen LogP contribution in [0.5, 0.6) is 0 Å². The van der Waals surface area contributed by atoms with Gasteiger partial charge in [0.15, 0.2) is 0 Å². The number of hydrogen-bond donors (Lipinski definition) is 0. The fourth-order valence-electron chi connectivity index (χ4n) is 7.20. The Labute approximate surface area is 238 Å². The summed E-state index contributed by atoms with van der Waals surface area (Å²) in [5, 5.41) is 0. The molecule has 0 N–H and O–H groups in total. The molecule has 1 spiro atoms. The van der Waals surface area contributed by atoms with Gasteiger partial charge in [0.05, 0.1) is 0 Å². The van der Waals surface area contributed by atoms with Crippen LogP contribution in [-0.4, -0.2) is 83.9 Å². The zero-order valence-corrected chi connectivity index (χ0v) is 26.9. The minimum absolute atomic E-state index is 0.0203. The fourth-order valence-corrected chi connectivity index (χ4v) is 7.20. The summed E-state index contributed by atoms with van der Waals surface area (Å²) in [7, 11) is 0. The van der Waals surface area contributed by atoms with E-state index in [-0.39, 0.29) is 6.42 Å². The van der Waals surface area contributed by atoms with Crippen LogP contribution in [0.1, 0.15) is 108 Å². The summed E-state index contributed by atoms with van der Waals surface area (Å²) in [4.78, 5) is 7.08. The number of piperidine rings is 2. The highest BCUT2D eigenvalue weighted by atomic mass is 19.3. The standard InChI is InChI=1S/C20H36F2N2.C10H19F2N.C2H6/c1-15-12-23(11-10-20(15,21)22)17(3)16(2)18(4)24-13-19(14-24)8-6-5-7-9-19;1-7(2)13-5-8(3)10(11,12)9(4)6-13;1-2/h15-18H,5-14H2,1-4H3;7-9H,5-6H2,1-4H3;1-2H3. The molecule has 7 heteroatoms. The van der Waals surface area contributed by atoms with Gasteiger partial charge < -0.3 is 0 Å². The molecule has 0 radical (unpaired) electrons. The second-order valence-corrected chi connectivity index (χ2v) is 13.7. The molecular formula is C32H61F4N3. The van der Waals surface area contributed by atoms with Crippen LogP contribution in [0, 0.1) is 29.1 Å². The van der Waals surface area contributed by atoms with Crippen LogP contribution >= 0.6 is 0 Å². The molecule has 4 rings (SSSR count). The number of halogens is 4. The zero-order valence-electron chi connectivity index (χ0n) is 26.9. The van der Waals surface area contributed by atoms with Crippen LogP contribution in [0.3, 0.4) is 0 Å². The number of likely N-dealkylation sites (tertiary alicyclic amines) is 3. The Morgan fingerprint density at radius 2 is 1.08 bits per heavy atom. The van der Waals surface area contributed by atoms with E-state index in [1.807, 2.05) is 13.8 Å². The van der Waals surface area contributed by atoms with Gasteiger partial charge in [-0.15, -0.1) is 0 Å². The summed E-state index contributed by atoms with van der Waals surface area (Å²) in [6.07, 6.45) is 7.09. The summed E-state index contributed by atoms with van der Waals surface area (Å²) >= 11 is 0. The highest BCUT2D eigenvalue weighted by molar-refractivity contribution is 5.00. The zero-order chi connectivity index (χ0) is 29.8. The summed E-state index contributed by atoms with van der Waals surface area (Å²) in [5.41, 5.74) is 0.622. The van der Waals surface area contributed by atoms with Gasteiger partial charge in [0, 0.05) is 81.6 Å². The van der Waals surface area contributed by atoms with Crippen molar-refractivity contribution in [1.29, 1.82) is 0 Å². The molecule has 0 aromatic rings. The van der Waals surface area contributed by atoms with E-state index in [9.17, 15) is 17.6 Å². The third-order valence-corrected chi connectivity index (χ3v) is 10.7. The summed E-state index contributed by atoms with van der Waals surface area (Å²) in [6, 6.07) is 1.30. The predicted molar refractivity (Wildman–Crippen MR) is 157 cm³/mol. The molecule has 4 fully saturated rings. The summed E-state index contributed by atoms with van der Waals surface area (Å²) < 4.78 is 54.3. The highest BCUT2D eigenvalue weighted by Crippen LogP contribution is 2.45. The van der Waals surface area contributed by atoms with Gasteiger partial charge in [0.2, 0.25) is 0 Å². The molecule has 3 saturated heterocycles. The van der Waals surface area contributed by atoms with Gasteiger partial charge in [-0.25, -0.2) is 17.6 Å². The van der Waals surface area contributed by atoms with Gasteiger partial charge in [-0.1, -0.05) is 60.8 Å². The average molecular weight is 564 g/mol. The lowest BCUT2D eigenvalue weighted by atomic mass is 9.67. The van der Waals surface area contributed by atoms with Crippen LogP contribution < -0.4 is 0 Å². The first-order chi connectivity index (χ1) is 18.1. The second-order valence-electron chi connectivity index (χ2n) is 13.7. The van der Waals surface area contributed by atoms with E-state index in [1.54, 1.807) is 20.8 Å². The van der Waals surface area contributed by atoms with Crippen molar-refractivity contribution in [2.24, 2.45) is 29.1 Å². The lowest BCUT2D eigenvalue weighted by Gasteiger charge is -2.56. The Morgan fingerprint density at radius 1 is 0.615 bits per heavy atom. The van der Waals surface area contributed by atoms with Crippen molar-refractivity contribution in [1.82, 2.24) is 14.7 Å². The van der Waals surface area contributed by atoms with Gasteiger partial charge in [0.25, 0.3) is 11.8 Å². The van der Waals surface area contributed by atoms with E-state index < -0.39 is 29.6 Å². The van der Waals surface area contributed by atoms with Gasteiger partial charge in [-0.2, -0.15) is 0 Å². The molecule has 0 aromatic heterocycles. The topological polar surface area (TPSA) is 9.72 Å². The van der Waals surface area contributed by atoms with E-state index in [4.69, 9.17) is 0 Å². The largest absolute Gasteiger partial charge is 0.300 e. The van der Waals surface area contributed by atoms with Crippen LogP contribution in [0.15, 0.2) is 0 Å². The molecule has 3 aliphatic heterocycles. The van der Waals surface area contributed by atoms with Crippen molar-refractivity contribution in [2.45, 2.75) is 138 Å². The van der Waals surface area contributed by atoms with Gasteiger partial charge in [-0.05, 0) is 51.9 Å². The molecule has 6 unspecified atom stereocenters. The van der Waals surface area contributed by atoms with Crippen LogP contribution in [0.4, 0.5) is 17.6 Å². The van der Waals surface area contributed by atoms with Crippen molar-refractivity contribution in [3.8, 4) is 0 Å². The minimum atomic E-state index is -2.48. The molecule has 232 valence electrons. The van der Waals surface area contributed by atoms with Gasteiger partial charge in [0.1, 0.15) is 0 Å². The van der Waals surface area contributed by atoms with Crippen molar-refractivity contribution in [3.63, 3.8) is 0 Å². The molecule has 0 amide bonds. The first-order valence-corrected chi connectivity index (χ1v) is 16.1. The van der Waals surface area contributed by atoms with Crippen molar-refractivity contribution < 1.29 is 17.6 Å². The SMILES string of the molecule is CC.CC(C(C)N1CCC(F)(F)C(C)C1)C(C)N1CC2(CCCCC2)C1.CC(C)N1CC(C)C(F)(F)C(C)C1. The van der Waals surface area contributed by atoms with E-state index in [1.165, 1.54) is 45.2 Å². The first-order valence-electron chi connectivity index (χ1n) is 16.1. The summed E-state index contributed by atoms with van der Waals surface area (Å²) in [5.74, 6) is -5.99. The van der Waals surface area contributed by atoms with Crippen molar-refractivity contribution in [3.05, 3.63) is 0 Å². The average Bonchev–Trinajstić information content (AvgIpc) is 2.88. The van der Waals surface area contributed by atoms with E-state index >= 15 is 0 Å². The van der Waals surface area contributed by atoms with Gasteiger partial charge in [-0.3, -0.25) is 14.7 Å². The Morgan fingerprint density at radius 3 is 1.54 bits per heavy atom. The van der Waals surface area contributed by atoms with Crippen molar-refractivity contribution >= 4 is 0 Å². The normalized spacial score (nSPS) is 33.2. The molecule has 39 heavy (non-hydrogen) atoms. The third kappa shape index (κ3) is 8.34. The summed E-state index contributed by atoms with van der Waals surface area (Å²) in [6.45, 7) is 24.7. The Balaban J connectivity index is 0.000000301. The molecule has 3 heterocycles. The lowest BCUT2D eigenvalue weighted by Crippen LogP contribution is -2.62. The van der Waals surface area contributed by atoms with Gasteiger partial charge >= 0.3 is 0 Å². The number of rotatable bonds is 5. The van der Waals surface area contributed by atoms with Crippen LogP contribution in [0.2, 0.25) is 0 Å². The third-order valence-electron chi connectivity index (χ3n) is 10.7. The second kappa shape index (κ2) is 14.2. The first kappa shape index (κ1) is 34.8. The number of hydrogen-bond acceptors (Lipinski definition) is 3. The quantitative estimate of drug-likeness (QED) is 0.312. The van der Waals surface area contributed by atoms with Crippen LogP contribution in [0.25, 0.3) is 0 Å². The highest BCUT2D eigenvalue weighted by Gasteiger charge is 2.48. The minimum Gasteiger partial charge on any atom is -0.300 e. The monoisotopic (exact) mass is 563 g/mol. The number of alkyl halides is 4. The maximum Gasteiger partial charge on any atom is 0.255 e. The maximum absolute atomic E-state index is 13.8. The molecule has 4 aliphatic rings. The molecular weight excluding hydrogens is 502 g/mol. The van der Waals surface area contributed by atoms with E-state index in [0.29, 0.717) is 55.6 Å². The fraction of sp³-hybridized carbons (Fsp3) is 1.00. The lowest BCUT2D eigenvalue weighted by molar-refractivity contribution is -0.143.